The maximum Gasteiger partial charge on any atom is 0.322 e. The molecule has 1 aromatic rings. The second-order valence-electron chi connectivity index (χ2n) is 4.97. The Morgan fingerprint density at radius 1 is 1.53 bits per heavy atom. The van der Waals surface area contributed by atoms with Crippen molar-refractivity contribution in [1.29, 1.82) is 0 Å². The number of nitrogens with two attached hydrogens (primary N) is 1. The molecule has 1 saturated heterocycles. The molecule has 0 radical (unpaired) electrons. The van der Waals surface area contributed by atoms with Gasteiger partial charge in [-0.2, -0.15) is 0 Å². The minimum atomic E-state index is -0.0879. The van der Waals surface area contributed by atoms with Crippen molar-refractivity contribution < 1.29 is 4.79 Å². The van der Waals surface area contributed by atoms with Gasteiger partial charge in [0.05, 0.1) is 0 Å². The van der Waals surface area contributed by atoms with Crippen molar-refractivity contribution in [2.75, 3.05) is 18.4 Å². The van der Waals surface area contributed by atoms with E-state index in [-0.39, 0.29) is 12.1 Å². The lowest BCUT2D eigenvalue weighted by atomic mass is 10.0. The summed E-state index contributed by atoms with van der Waals surface area (Å²) in [7, 11) is 0. The number of hydrogen-bond donors (Lipinski definition) is 2. The van der Waals surface area contributed by atoms with Gasteiger partial charge < -0.3 is 16.0 Å². The second kappa shape index (κ2) is 6.26. The molecule has 0 aliphatic carbocycles. The Morgan fingerprint density at radius 3 is 3.00 bits per heavy atom. The summed E-state index contributed by atoms with van der Waals surface area (Å²) in [6.07, 6.45) is 3.17. The predicted molar refractivity (Wildman–Crippen MR) is 78.6 cm³/mol. The van der Waals surface area contributed by atoms with Crippen molar-refractivity contribution in [2.24, 2.45) is 5.73 Å². The Morgan fingerprint density at radius 2 is 2.32 bits per heavy atom. The number of likely N-dealkylation sites (tertiary alicyclic amines) is 1. The first kappa shape index (κ1) is 14.2. The van der Waals surface area contributed by atoms with Crippen LogP contribution in [-0.2, 0) is 0 Å². The lowest BCUT2D eigenvalue weighted by Gasteiger charge is -2.35. The molecule has 5 heteroatoms. The van der Waals surface area contributed by atoms with E-state index in [9.17, 15) is 4.79 Å². The van der Waals surface area contributed by atoms with Gasteiger partial charge in [-0.05, 0) is 43.9 Å². The Kier molecular flexibility index (Phi) is 4.66. The lowest BCUT2D eigenvalue weighted by molar-refractivity contribution is 0.166. The van der Waals surface area contributed by atoms with Crippen LogP contribution < -0.4 is 11.1 Å². The maximum absolute atomic E-state index is 12.2. The number of nitrogens with one attached hydrogen (secondary N) is 1. The third-order valence-electron chi connectivity index (χ3n) is 3.58. The summed E-state index contributed by atoms with van der Waals surface area (Å²) in [6, 6.07) is 5.59. The van der Waals surface area contributed by atoms with E-state index in [0.717, 1.165) is 37.1 Å². The van der Waals surface area contributed by atoms with Crippen LogP contribution in [0.25, 0.3) is 0 Å². The Hall–Kier alpha value is -1.26. The number of amides is 2. The van der Waals surface area contributed by atoms with Gasteiger partial charge in [0, 0.05) is 29.8 Å². The number of hydrogen-bond acceptors (Lipinski definition) is 2. The number of rotatable bonds is 2. The van der Waals surface area contributed by atoms with Crippen LogP contribution in [-0.4, -0.2) is 30.1 Å². The van der Waals surface area contributed by atoms with E-state index in [1.54, 1.807) is 6.07 Å². The molecule has 19 heavy (non-hydrogen) atoms. The fraction of sp³-hybridized carbons (Fsp3) is 0.500. The largest absolute Gasteiger partial charge is 0.328 e. The van der Waals surface area contributed by atoms with Crippen LogP contribution in [0.4, 0.5) is 10.5 Å². The van der Waals surface area contributed by atoms with Crippen LogP contribution in [0.1, 0.15) is 24.8 Å². The molecule has 1 aliphatic rings. The summed E-state index contributed by atoms with van der Waals surface area (Å²) in [4.78, 5) is 14.1. The Bertz CT molecular complexity index is 464. The first-order valence-electron chi connectivity index (χ1n) is 6.65. The molecular formula is C14H20ClN3O. The summed E-state index contributed by atoms with van der Waals surface area (Å²) in [5, 5.41) is 3.55. The van der Waals surface area contributed by atoms with Crippen molar-refractivity contribution in [3.05, 3.63) is 28.8 Å². The SMILES string of the molecule is Cc1ccc(NC(=O)N2CCCCC2CN)cc1Cl. The number of carbonyl (C=O) groups excluding carboxylic acids is 1. The monoisotopic (exact) mass is 281 g/mol. The summed E-state index contributed by atoms with van der Waals surface area (Å²) in [5.41, 5.74) is 7.45. The molecular weight excluding hydrogens is 262 g/mol. The van der Waals surface area contributed by atoms with Gasteiger partial charge in [-0.1, -0.05) is 17.7 Å². The molecule has 4 nitrogen and oxygen atoms in total. The summed E-state index contributed by atoms with van der Waals surface area (Å²) < 4.78 is 0. The van der Waals surface area contributed by atoms with Crippen molar-refractivity contribution in [3.63, 3.8) is 0 Å². The smallest absolute Gasteiger partial charge is 0.322 e. The third kappa shape index (κ3) is 3.39. The van der Waals surface area contributed by atoms with Gasteiger partial charge in [-0.15, -0.1) is 0 Å². The lowest BCUT2D eigenvalue weighted by Crippen LogP contribution is -2.49. The quantitative estimate of drug-likeness (QED) is 0.875. The van der Waals surface area contributed by atoms with Crippen LogP contribution in [0.2, 0.25) is 5.02 Å². The van der Waals surface area contributed by atoms with E-state index in [1.807, 2.05) is 24.0 Å². The standard InChI is InChI=1S/C14H20ClN3O/c1-10-5-6-11(8-13(10)15)17-14(19)18-7-3-2-4-12(18)9-16/h5-6,8,12H,2-4,7,9,16H2,1H3,(H,17,19). The van der Waals surface area contributed by atoms with E-state index >= 15 is 0 Å². The predicted octanol–water partition coefficient (Wildman–Crippen LogP) is 2.99. The van der Waals surface area contributed by atoms with Gasteiger partial charge in [-0.3, -0.25) is 0 Å². The van der Waals surface area contributed by atoms with Gasteiger partial charge in [0.25, 0.3) is 0 Å². The van der Waals surface area contributed by atoms with E-state index in [0.29, 0.717) is 11.6 Å². The number of piperidine rings is 1. The van der Waals surface area contributed by atoms with Crippen LogP contribution in [0.3, 0.4) is 0 Å². The van der Waals surface area contributed by atoms with E-state index < -0.39 is 0 Å². The molecule has 2 amide bonds. The highest BCUT2D eigenvalue weighted by atomic mass is 35.5. The normalized spacial score (nSPS) is 19.3. The number of benzene rings is 1. The van der Waals surface area contributed by atoms with Gasteiger partial charge >= 0.3 is 6.03 Å². The van der Waals surface area contributed by atoms with Gasteiger partial charge in [0.1, 0.15) is 0 Å². The zero-order chi connectivity index (χ0) is 13.8. The molecule has 2 rings (SSSR count). The minimum absolute atomic E-state index is 0.0879. The average molecular weight is 282 g/mol. The first-order chi connectivity index (χ1) is 9.11. The number of nitrogens with zero attached hydrogens (tertiary/aromatic N) is 1. The number of aryl methyl sites for hydroxylation is 1. The highest BCUT2D eigenvalue weighted by molar-refractivity contribution is 6.31. The molecule has 1 aromatic carbocycles. The maximum atomic E-state index is 12.2. The molecule has 1 atom stereocenters. The van der Waals surface area contributed by atoms with Gasteiger partial charge in [0.2, 0.25) is 0 Å². The van der Waals surface area contributed by atoms with Crippen LogP contribution in [0, 0.1) is 6.92 Å². The summed E-state index contributed by atoms with van der Waals surface area (Å²) >= 11 is 6.05. The van der Waals surface area contributed by atoms with E-state index in [2.05, 4.69) is 5.32 Å². The Labute approximate surface area is 118 Å². The highest BCUT2D eigenvalue weighted by Crippen LogP contribution is 2.22. The first-order valence-corrected chi connectivity index (χ1v) is 7.03. The average Bonchev–Trinajstić information content (AvgIpc) is 2.43. The third-order valence-corrected chi connectivity index (χ3v) is 3.99. The fourth-order valence-corrected chi connectivity index (χ4v) is 2.56. The molecule has 0 bridgehead atoms. The Balaban J connectivity index is 2.05. The van der Waals surface area contributed by atoms with E-state index in [1.165, 1.54) is 0 Å². The molecule has 0 saturated carbocycles. The topological polar surface area (TPSA) is 58.4 Å². The zero-order valence-corrected chi connectivity index (χ0v) is 11.9. The van der Waals surface area contributed by atoms with Crippen LogP contribution in [0.15, 0.2) is 18.2 Å². The van der Waals surface area contributed by atoms with Crippen LogP contribution in [0.5, 0.6) is 0 Å². The molecule has 0 spiro atoms. The number of halogens is 1. The van der Waals surface area contributed by atoms with Crippen molar-refractivity contribution in [2.45, 2.75) is 32.2 Å². The molecule has 0 aromatic heterocycles. The molecule has 3 N–H and O–H groups in total. The second-order valence-corrected chi connectivity index (χ2v) is 5.38. The van der Waals surface area contributed by atoms with E-state index in [4.69, 9.17) is 17.3 Å². The molecule has 104 valence electrons. The molecule has 1 heterocycles. The van der Waals surface area contributed by atoms with Crippen molar-refractivity contribution >= 4 is 23.3 Å². The summed E-state index contributed by atoms with van der Waals surface area (Å²) in [5.74, 6) is 0. The molecule has 1 fully saturated rings. The van der Waals surface area contributed by atoms with Gasteiger partial charge in [0.15, 0.2) is 0 Å². The van der Waals surface area contributed by atoms with Gasteiger partial charge in [-0.25, -0.2) is 4.79 Å². The van der Waals surface area contributed by atoms with Crippen molar-refractivity contribution in [3.8, 4) is 0 Å². The highest BCUT2D eigenvalue weighted by Gasteiger charge is 2.25. The number of anilines is 1. The molecule has 1 aliphatic heterocycles. The summed E-state index contributed by atoms with van der Waals surface area (Å²) in [6.45, 7) is 3.22. The minimum Gasteiger partial charge on any atom is -0.328 e. The van der Waals surface area contributed by atoms with Crippen molar-refractivity contribution in [1.82, 2.24) is 4.90 Å². The number of urea groups is 1. The van der Waals surface area contributed by atoms with Crippen LogP contribution >= 0.6 is 11.6 Å². The zero-order valence-electron chi connectivity index (χ0n) is 11.2. The number of carbonyl (C=O) groups is 1. The fourth-order valence-electron chi connectivity index (χ4n) is 2.38. The molecule has 1 unspecified atom stereocenters.